The summed E-state index contributed by atoms with van der Waals surface area (Å²) >= 11 is 0. The van der Waals surface area contributed by atoms with E-state index in [9.17, 15) is 8.42 Å². The molecule has 1 heterocycles. The van der Waals surface area contributed by atoms with Crippen LogP contribution in [-0.4, -0.2) is 32.5 Å². The first kappa shape index (κ1) is 13.5. The van der Waals surface area contributed by atoms with Crippen LogP contribution in [0, 0.1) is 0 Å². The van der Waals surface area contributed by atoms with Crippen LogP contribution in [-0.2, 0) is 10.0 Å². The number of aromatic nitrogens is 1. The lowest BCUT2D eigenvalue weighted by Crippen LogP contribution is -2.41. The zero-order valence-corrected chi connectivity index (χ0v) is 11.3. The van der Waals surface area contributed by atoms with E-state index in [1.54, 1.807) is 12.1 Å². The first-order chi connectivity index (χ1) is 8.62. The molecule has 1 aliphatic rings. The molecule has 0 atom stereocenters. The number of pyridine rings is 1. The molecule has 0 saturated heterocycles. The molecule has 0 unspecified atom stereocenters. The minimum atomic E-state index is -3.47. The molecule has 1 aromatic rings. The minimum absolute atomic E-state index is 0.0293. The highest BCUT2D eigenvalue weighted by atomic mass is 32.2. The summed E-state index contributed by atoms with van der Waals surface area (Å²) in [6.45, 7) is 0. The summed E-state index contributed by atoms with van der Waals surface area (Å²) in [4.78, 5) is 3.88. The maximum absolute atomic E-state index is 12.1. The SMILES string of the molecule is CNC1CCC(NS(=O)(=O)c2ccccn2)CC1. The molecule has 0 spiro atoms. The molecule has 1 fully saturated rings. The van der Waals surface area contributed by atoms with Gasteiger partial charge in [-0.05, 0) is 44.9 Å². The number of rotatable bonds is 4. The predicted molar refractivity (Wildman–Crippen MR) is 69.7 cm³/mol. The van der Waals surface area contributed by atoms with Gasteiger partial charge in [-0.1, -0.05) is 6.07 Å². The summed E-state index contributed by atoms with van der Waals surface area (Å²) < 4.78 is 26.9. The van der Waals surface area contributed by atoms with E-state index in [0.29, 0.717) is 6.04 Å². The summed E-state index contributed by atoms with van der Waals surface area (Å²) in [6.07, 6.45) is 5.25. The van der Waals surface area contributed by atoms with Crippen LogP contribution in [0.15, 0.2) is 29.4 Å². The number of nitrogens with one attached hydrogen (secondary N) is 2. The van der Waals surface area contributed by atoms with Gasteiger partial charge in [0.15, 0.2) is 5.03 Å². The molecular weight excluding hydrogens is 250 g/mol. The average molecular weight is 269 g/mol. The lowest BCUT2D eigenvalue weighted by molar-refractivity contribution is 0.342. The van der Waals surface area contributed by atoms with Crippen molar-refractivity contribution in [2.75, 3.05) is 7.05 Å². The zero-order chi connectivity index (χ0) is 13.0. The second-order valence-electron chi connectivity index (χ2n) is 4.63. The lowest BCUT2D eigenvalue weighted by Gasteiger charge is -2.28. The van der Waals surface area contributed by atoms with Crippen molar-refractivity contribution in [2.45, 2.75) is 42.8 Å². The highest BCUT2D eigenvalue weighted by Gasteiger charge is 2.25. The van der Waals surface area contributed by atoms with Crippen molar-refractivity contribution in [3.05, 3.63) is 24.4 Å². The van der Waals surface area contributed by atoms with E-state index < -0.39 is 10.0 Å². The molecule has 0 bridgehead atoms. The summed E-state index contributed by atoms with van der Waals surface area (Å²) in [7, 11) is -1.52. The highest BCUT2D eigenvalue weighted by Crippen LogP contribution is 2.19. The largest absolute Gasteiger partial charge is 0.317 e. The van der Waals surface area contributed by atoms with Crippen LogP contribution in [0.4, 0.5) is 0 Å². The molecule has 100 valence electrons. The molecule has 0 amide bonds. The third-order valence-electron chi connectivity index (χ3n) is 3.37. The molecular formula is C12H19N3O2S. The van der Waals surface area contributed by atoms with Crippen molar-refractivity contribution < 1.29 is 8.42 Å². The molecule has 1 saturated carbocycles. The van der Waals surface area contributed by atoms with E-state index in [0.717, 1.165) is 25.7 Å². The Labute approximate surface area is 108 Å². The van der Waals surface area contributed by atoms with Gasteiger partial charge in [-0.15, -0.1) is 0 Å². The Hall–Kier alpha value is -0.980. The van der Waals surface area contributed by atoms with Crippen LogP contribution in [0.3, 0.4) is 0 Å². The normalized spacial score (nSPS) is 24.9. The van der Waals surface area contributed by atoms with Crippen LogP contribution in [0.25, 0.3) is 0 Å². The summed E-state index contributed by atoms with van der Waals surface area (Å²) in [5, 5.41) is 3.33. The molecule has 2 rings (SSSR count). The maximum atomic E-state index is 12.1. The molecule has 2 N–H and O–H groups in total. The van der Waals surface area contributed by atoms with Crippen LogP contribution in [0.1, 0.15) is 25.7 Å². The van der Waals surface area contributed by atoms with Gasteiger partial charge in [0, 0.05) is 18.3 Å². The third kappa shape index (κ3) is 3.28. The van der Waals surface area contributed by atoms with Crippen LogP contribution >= 0.6 is 0 Å². The Morgan fingerprint density at radius 3 is 2.39 bits per heavy atom. The molecule has 18 heavy (non-hydrogen) atoms. The molecule has 0 aliphatic heterocycles. The van der Waals surface area contributed by atoms with Crippen molar-refractivity contribution in [1.82, 2.24) is 15.0 Å². The Morgan fingerprint density at radius 1 is 1.17 bits per heavy atom. The van der Waals surface area contributed by atoms with Gasteiger partial charge < -0.3 is 5.32 Å². The average Bonchev–Trinajstić information content (AvgIpc) is 2.40. The number of nitrogens with zero attached hydrogens (tertiary/aromatic N) is 1. The smallest absolute Gasteiger partial charge is 0.258 e. The van der Waals surface area contributed by atoms with E-state index in [4.69, 9.17) is 0 Å². The Morgan fingerprint density at radius 2 is 1.83 bits per heavy atom. The number of hydrogen-bond donors (Lipinski definition) is 2. The van der Waals surface area contributed by atoms with Crippen molar-refractivity contribution >= 4 is 10.0 Å². The summed E-state index contributed by atoms with van der Waals surface area (Å²) in [5.74, 6) is 0. The van der Waals surface area contributed by atoms with E-state index in [1.165, 1.54) is 12.3 Å². The second kappa shape index (κ2) is 5.77. The Balaban J connectivity index is 1.98. The first-order valence-corrected chi connectivity index (χ1v) is 7.71. The molecule has 1 aliphatic carbocycles. The number of hydrogen-bond acceptors (Lipinski definition) is 4. The molecule has 6 heteroatoms. The van der Waals surface area contributed by atoms with E-state index in [1.807, 2.05) is 7.05 Å². The van der Waals surface area contributed by atoms with Crippen molar-refractivity contribution in [3.8, 4) is 0 Å². The summed E-state index contributed by atoms with van der Waals surface area (Å²) in [6, 6.07) is 5.44. The quantitative estimate of drug-likeness (QED) is 0.851. The van der Waals surface area contributed by atoms with E-state index >= 15 is 0 Å². The fraction of sp³-hybridized carbons (Fsp3) is 0.583. The predicted octanol–water partition coefficient (Wildman–Crippen LogP) is 0.890. The molecule has 5 nitrogen and oxygen atoms in total. The topological polar surface area (TPSA) is 71.1 Å². The monoisotopic (exact) mass is 269 g/mol. The standard InChI is InChI=1S/C12H19N3O2S/c1-13-10-5-7-11(8-6-10)15-18(16,17)12-4-2-3-9-14-12/h2-4,9-11,13,15H,5-8H2,1H3. The van der Waals surface area contributed by atoms with Gasteiger partial charge >= 0.3 is 0 Å². The van der Waals surface area contributed by atoms with Crippen molar-refractivity contribution in [3.63, 3.8) is 0 Å². The Bertz CT molecular complexity index is 467. The van der Waals surface area contributed by atoms with Crippen LogP contribution < -0.4 is 10.0 Å². The molecule has 0 aromatic carbocycles. The first-order valence-electron chi connectivity index (χ1n) is 6.22. The van der Waals surface area contributed by atoms with E-state index in [2.05, 4.69) is 15.0 Å². The van der Waals surface area contributed by atoms with Crippen LogP contribution in [0.5, 0.6) is 0 Å². The van der Waals surface area contributed by atoms with Gasteiger partial charge in [0.1, 0.15) is 0 Å². The summed E-state index contributed by atoms with van der Waals surface area (Å²) in [5.41, 5.74) is 0. The minimum Gasteiger partial charge on any atom is -0.317 e. The van der Waals surface area contributed by atoms with Gasteiger partial charge in [-0.3, -0.25) is 0 Å². The highest BCUT2D eigenvalue weighted by molar-refractivity contribution is 7.89. The van der Waals surface area contributed by atoms with Gasteiger partial charge in [0.25, 0.3) is 10.0 Å². The van der Waals surface area contributed by atoms with Gasteiger partial charge in [-0.2, -0.15) is 0 Å². The van der Waals surface area contributed by atoms with Crippen LogP contribution in [0.2, 0.25) is 0 Å². The van der Waals surface area contributed by atoms with Gasteiger partial charge in [-0.25, -0.2) is 18.1 Å². The van der Waals surface area contributed by atoms with Gasteiger partial charge in [0.05, 0.1) is 0 Å². The fourth-order valence-corrected chi connectivity index (χ4v) is 3.54. The fourth-order valence-electron chi connectivity index (χ4n) is 2.29. The number of sulfonamides is 1. The van der Waals surface area contributed by atoms with Gasteiger partial charge in [0.2, 0.25) is 0 Å². The molecule has 0 radical (unpaired) electrons. The third-order valence-corrected chi connectivity index (χ3v) is 4.81. The van der Waals surface area contributed by atoms with E-state index in [-0.39, 0.29) is 11.1 Å². The lowest BCUT2D eigenvalue weighted by atomic mass is 9.92. The van der Waals surface area contributed by atoms with Crippen molar-refractivity contribution in [2.24, 2.45) is 0 Å². The Kier molecular flexibility index (Phi) is 4.31. The second-order valence-corrected chi connectivity index (χ2v) is 6.29. The molecule has 1 aromatic heterocycles. The zero-order valence-electron chi connectivity index (χ0n) is 10.5. The van der Waals surface area contributed by atoms with Crippen molar-refractivity contribution in [1.29, 1.82) is 0 Å². The maximum Gasteiger partial charge on any atom is 0.258 e.